The van der Waals surface area contributed by atoms with Gasteiger partial charge in [-0.05, 0) is 34.9 Å². The highest BCUT2D eigenvalue weighted by atomic mass is 32.2. The quantitative estimate of drug-likeness (QED) is 0.390. The molecule has 0 heterocycles. The van der Waals surface area contributed by atoms with Gasteiger partial charge in [-0.15, -0.1) is 0 Å². The first-order valence-corrected chi connectivity index (χ1v) is 11.0. The third-order valence-corrected chi connectivity index (χ3v) is 6.66. The summed E-state index contributed by atoms with van der Waals surface area (Å²) in [4.78, 5) is 13.0. The highest BCUT2D eigenvalue weighted by Gasteiger charge is 2.18. The number of nitrogens with one attached hydrogen (secondary N) is 2. The summed E-state index contributed by atoms with van der Waals surface area (Å²) >= 11 is 0. The lowest BCUT2D eigenvalue weighted by molar-refractivity contribution is 0.0951. The maximum atomic E-state index is 12.8. The number of rotatable bonds is 7. The number of amidine groups is 1. The number of benzene rings is 3. The SMILES string of the molecule is CN(C)S(=O)(=O)c1ccc(-c2ccccc2C(=O)NCc2ccc(C(=N)N)cc2)cc1. The van der Waals surface area contributed by atoms with E-state index in [1.807, 2.05) is 24.3 Å². The van der Waals surface area contributed by atoms with E-state index < -0.39 is 10.0 Å². The minimum atomic E-state index is -3.52. The molecule has 1 amide bonds. The number of nitrogen functional groups attached to an aromatic ring is 1. The van der Waals surface area contributed by atoms with Gasteiger partial charge in [-0.2, -0.15) is 0 Å². The van der Waals surface area contributed by atoms with E-state index >= 15 is 0 Å². The maximum Gasteiger partial charge on any atom is 0.252 e. The van der Waals surface area contributed by atoms with Crippen LogP contribution in [0.4, 0.5) is 0 Å². The van der Waals surface area contributed by atoms with Crippen molar-refractivity contribution in [3.63, 3.8) is 0 Å². The molecule has 0 aliphatic heterocycles. The second-order valence-electron chi connectivity index (χ2n) is 7.15. The van der Waals surface area contributed by atoms with Gasteiger partial charge < -0.3 is 11.1 Å². The number of hydrogen-bond donors (Lipinski definition) is 3. The standard InChI is InChI=1S/C23H24N4O3S/c1-27(2)31(29,30)19-13-11-17(12-14-19)20-5-3-4-6-21(20)23(28)26-15-16-7-9-18(10-8-16)22(24)25/h3-14H,15H2,1-2H3,(H3,24,25)(H,26,28). The van der Waals surface area contributed by atoms with Crippen LogP contribution in [-0.4, -0.2) is 38.6 Å². The Kier molecular flexibility index (Phi) is 6.53. The molecule has 3 aromatic carbocycles. The highest BCUT2D eigenvalue weighted by molar-refractivity contribution is 7.89. The van der Waals surface area contributed by atoms with E-state index in [4.69, 9.17) is 11.1 Å². The van der Waals surface area contributed by atoms with Gasteiger partial charge in [0.2, 0.25) is 10.0 Å². The molecule has 31 heavy (non-hydrogen) atoms. The molecule has 4 N–H and O–H groups in total. The largest absolute Gasteiger partial charge is 0.384 e. The Bertz CT molecular complexity index is 1200. The summed E-state index contributed by atoms with van der Waals surface area (Å²) in [6.45, 7) is 0.325. The zero-order chi connectivity index (χ0) is 22.6. The van der Waals surface area contributed by atoms with E-state index in [1.54, 1.807) is 36.4 Å². The fourth-order valence-corrected chi connectivity index (χ4v) is 3.93. The minimum Gasteiger partial charge on any atom is -0.384 e. The molecule has 0 aliphatic carbocycles. The van der Waals surface area contributed by atoms with Crippen LogP contribution in [0, 0.1) is 5.41 Å². The molecule has 160 valence electrons. The van der Waals surface area contributed by atoms with Crippen molar-refractivity contribution >= 4 is 21.8 Å². The number of carbonyl (C=O) groups is 1. The fourth-order valence-electron chi connectivity index (χ4n) is 3.03. The number of nitrogens with two attached hydrogens (primary N) is 1. The third kappa shape index (κ3) is 4.99. The number of amides is 1. The minimum absolute atomic E-state index is 0.00564. The van der Waals surface area contributed by atoms with Crippen LogP contribution in [0.25, 0.3) is 11.1 Å². The smallest absolute Gasteiger partial charge is 0.252 e. The maximum absolute atomic E-state index is 12.8. The zero-order valence-electron chi connectivity index (χ0n) is 17.3. The third-order valence-electron chi connectivity index (χ3n) is 4.83. The Hall–Kier alpha value is -3.49. The number of sulfonamides is 1. The lowest BCUT2D eigenvalue weighted by Gasteiger charge is -2.13. The van der Waals surface area contributed by atoms with E-state index in [2.05, 4.69) is 5.32 Å². The molecule has 0 aromatic heterocycles. The molecule has 0 radical (unpaired) electrons. The molecule has 0 spiro atoms. The van der Waals surface area contributed by atoms with Crippen molar-refractivity contribution < 1.29 is 13.2 Å². The Balaban J connectivity index is 1.80. The molecule has 0 unspecified atom stereocenters. The van der Waals surface area contributed by atoms with Crippen LogP contribution in [0.15, 0.2) is 77.7 Å². The Labute approximate surface area is 182 Å². The van der Waals surface area contributed by atoms with Crippen LogP contribution in [0.1, 0.15) is 21.5 Å². The molecule has 0 saturated carbocycles. The van der Waals surface area contributed by atoms with E-state index in [0.29, 0.717) is 23.2 Å². The van der Waals surface area contributed by atoms with Crippen molar-refractivity contribution in [2.24, 2.45) is 5.73 Å². The van der Waals surface area contributed by atoms with Crippen LogP contribution in [0.2, 0.25) is 0 Å². The molecule has 0 aliphatic rings. The normalized spacial score (nSPS) is 11.3. The summed E-state index contributed by atoms with van der Waals surface area (Å²) in [5.41, 5.74) is 8.91. The predicted molar refractivity (Wildman–Crippen MR) is 121 cm³/mol. The van der Waals surface area contributed by atoms with Gasteiger partial charge in [0.25, 0.3) is 5.91 Å². The molecular weight excluding hydrogens is 412 g/mol. The molecule has 0 saturated heterocycles. The molecule has 3 aromatic rings. The predicted octanol–water partition coefficient (Wildman–Crippen LogP) is 2.82. The average molecular weight is 437 g/mol. The van der Waals surface area contributed by atoms with Gasteiger partial charge in [-0.1, -0.05) is 54.6 Å². The van der Waals surface area contributed by atoms with Gasteiger partial charge in [0.15, 0.2) is 0 Å². The van der Waals surface area contributed by atoms with Crippen molar-refractivity contribution in [1.82, 2.24) is 9.62 Å². The Morgan fingerprint density at radius 2 is 1.58 bits per heavy atom. The lowest BCUT2D eigenvalue weighted by atomic mass is 9.99. The Morgan fingerprint density at radius 3 is 2.16 bits per heavy atom. The van der Waals surface area contributed by atoms with Gasteiger partial charge in [0, 0.05) is 31.8 Å². The van der Waals surface area contributed by atoms with E-state index in [0.717, 1.165) is 15.4 Å². The van der Waals surface area contributed by atoms with Crippen molar-refractivity contribution in [1.29, 1.82) is 5.41 Å². The molecule has 7 nitrogen and oxygen atoms in total. The number of carbonyl (C=O) groups excluding carboxylic acids is 1. The van der Waals surface area contributed by atoms with Crippen LogP contribution in [0.3, 0.4) is 0 Å². The molecule has 0 fully saturated rings. The first-order valence-electron chi connectivity index (χ1n) is 9.53. The van der Waals surface area contributed by atoms with Gasteiger partial charge >= 0.3 is 0 Å². The topological polar surface area (TPSA) is 116 Å². The lowest BCUT2D eigenvalue weighted by Crippen LogP contribution is -2.23. The monoisotopic (exact) mass is 436 g/mol. The van der Waals surface area contributed by atoms with Crippen LogP contribution in [0.5, 0.6) is 0 Å². The summed E-state index contributed by atoms with van der Waals surface area (Å²) in [5.74, 6) is -0.245. The molecule has 8 heteroatoms. The van der Waals surface area contributed by atoms with E-state index in [9.17, 15) is 13.2 Å². The second-order valence-corrected chi connectivity index (χ2v) is 9.30. The van der Waals surface area contributed by atoms with Gasteiger partial charge in [-0.3, -0.25) is 10.2 Å². The molecule has 3 rings (SSSR count). The first-order chi connectivity index (χ1) is 14.7. The van der Waals surface area contributed by atoms with Crippen molar-refractivity contribution in [2.75, 3.05) is 14.1 Å². The molecule has 0 bridgehead atoms. The summed E-state index contributed by atoms with van der Waals surface area (Å²) in [7, 11) is -0.552. The average Bonchev–Trinajstić information content (AvgIpc) is 2.77. The van der Waals surface area contributed by atoms with E-state index in [1.165, 1.54) is 26.2 Å². The van der Waals surface area contributed by atoms with Crippen LogP contribution in [-0.2, 0) is 16.6 Å². The van der Waals surface area contributed by atoms with Crippen LogP contribution >= 0.6 is 0 Å². The Morgan fingerprint density at radius 1 is 0.968 bits per heavy atom. The number of nitrogens with zero attached hydrogens (tertiary/aromatic N) is 1. The summed E-state index contributed by atoms with van der Waals surface area (Å²) < 4.78 is 25.7. The second kappa shape index (κ2) is 9.11. The van der Waals surface area contributed by atoms with E-state index in [-0.39, 0.29) is 16.6 Å². The van der Waals surface area contributed by atoms with Gasteiger partial charge in [0.05, 0.1) is 4.90 Å². The highest BCUT2D eigenvalue weighted by Crippen LogP contribution is 2.26. The first kappa shape index (κ1) is 22.2. The number of hydrogen-bond acceptors (Lipinski definition) is 4. The summed E-state index contributed by atoms with van der Waals surface area (Å²) in [6.07, 6.45) is 0. The fraction of sp³-hybridized carbons (Fsp3) is 0.130. The molecule has 0 atom stereocenters. The van der Waals surface area contributed by atoms with Crippen molar-refractivity contribution in [3.05, 3.63) is 89.5 Å². The zero-order valence-corrected chi connectivity index (χ0v) is 18.1. The van der Waals surface area contributed by atoms with Crippen molar-refractivity contribution in [2.45, 2.75) is 11.4 Å². The van der Waals surface area contributed by atoms with Gasteiger partial charge in [-0.25, -0.2) is 12.7 Å². The summed E-state index contributed by atoms with van der Waals surface area (Å²) in [5, 5.41) is 10.3. The van der Waals surface area contributed by atoms with Gasteiger partial charge in [0.1, 0.15) is 5.84 Å². The molecular formula is C23H24N4O3S. The van der Waals surface area contributed by atoms with Crippen LogP contribution < -0.4 is 11.1 Å². The summed E-state index contributed by atoms with van der Waals surface area (Å²) in [6, 6.07) is 20.7. The van der Waals surface area contributed by atoms with Crippen molar-refractivity contribution in [3.8, 4) is 11.1 Å².